The zero-order valence-corrected chi connectivity index (χ0v) is 85.9. The number of esters is 4. The van der Waals surface area contributed by atoms with Crippen LogP contribution in [0.1, 0.15) is 84.6 Å². The zero-order chi connectivity index (χ0) is 107. The third-order valence-electron chi connectivity index (χ3n) is 20.4. The molecule has 772 valence electrons. The van der Waals surface area contributed by atoms with Gasteiger partial charge in [0.05, 0.1) is 128 Å². The highest BCUT2D eigenvalue weighted by molar-refractivity contribution is 7.88. The average Bonchev–Trinajstić information content (AvgIpc) is 0.772. The first kappa shape index (κ1) is 113. The van der Waals surface area contributed by atoms with Crippen molar-refractivity contribution >= 4 is 134 Å². The minimum absolute atomic E-state index is 0. The number of aromatic nitrogens is 6. The number of carbonyl (C=O) groups excluding carboxylic acids is 6. The van der Waals surface area contributed by atoms with Crippen LogP contribution in [0.2, 0.25) is 39.3 Å². The van der Waals surface area contributed by atoms with Crippen LogP contribution in [0, 0.1) is 22.9 Å². The number of aromatic hydroxyl groups is 2. The van der Waals surface area contributed by atoms with Crippen molar-refractivity contribution in [3.8, 4) is 109 Å². The summed E-state index contributed by atoms with van der Waals surface area (Å²) in [7, 11) is 6.46. The number of nitrogens with two attached hydrogens (primary N) is 1. The summed E-state index contributed by atoms with van der Waals surface area (Å²) < 4.78 is 145. The number of anilines is 2. The number of pyridine rings is 6. The van der Waals surface area contributed by atoms with E-state index in [2.05, 4.69) is 111 Å². The summed E-state index contributed by atoms with van der Waals surface area (Å²) in [6, 6.07) is 37.2. The van der Waals surface area contributed by atoms with E-state index in [1.165, 1.54) is 112 Å². The summed E-state index contributed by atoms with van der Waals surface area (Å²) in [5.41, 5.74) is 14.5. The van der Waals surface area contributed by atoms with Gasteiger partial charge in [0.25, 0.3) is 11.6 Å². The second-order valence-corrected chi connectivity index (χ2v) is 44.9. The van der Waals surface area contributed by atoms with E-state index in [-0.39, 0.29) is 76.0 Å². The molecule has 36 nitrogen and oxygen atoms in total. The molecule has 6 N–H and O–H groups in total. The number of phenols is 2. The van der Waals surface area contributed by atoms with Crippen LogP contribution in [-0.2, 0) is 54.7 Å². The van der Waals surface area contributed by atoms with Gasteiger partial charge in [0.1, 0.15) is 131 Å². The molecule has 147 heavy (non-hydrogen) atoms. The van der Waals surface area contributed by atoms with Gasteiger partial charge in [-0.2, -0.15) is 21.6 Å². The number of H-pyrrole nitrogens is 1. The number of cyclic esters (lactones) is 4. The van der Waals surface area contributed by atoms with Crippen molar-refractivity contribution in [3.63, 3.8) is 0 Å². The molecule has 10 heterocycles. The van der Waals surface area contributed by atoms with Crippen LogP contribution < -0.4 is 77.5 Å². The lowest BCUT2D eigenvalue weighted by molar-refractivity contribution is -0.231. The van der Waals surface area contributed by atoms with Crippen LogP contribution in [0.3, 0.4) is 0 Å². The molecule has 0 amide bonds. The number of carbonyl (C=O) groups is 6. The number of nitrogen functional groups attached to an aromatic ring is 1. The molecule has 2 fully saturated rings. The van der Waals surface area contributed by atoms with E-state index in [1.54, 1.807) is 145 Å². The SMILES string of the molecule is C.CC1(C)OC(=O)CC(=O)O1.COc1ccc(OC)c(N)c1.COc1ccc(OC)c(NC=C2C(=O)OC(C)(C)OC2=O)c1.COc1ccc(OC)c2c(=O)cc[nH]c12.COc1ccc(OC)c2c(C#C[Si](C)(C)C)ccnc12.COc1ccc(OC)c2c(OS(=O)(=O)C(F)(F)F)ccnc12.C[Si](C)(C)C#Cc1ccnc2c1C(=O)C=CC2=O.Oc1ccc2c3c(ccnc13)C=CO2.Oc1ccc2c3c(ccnc13)CCO2. The highest BCUT2D eigenvalue weighted by Gasteiger charge is 2.49. The van der Waals surface area contributed by atoms with E-state index >= 15 is 0 Å². The number of nitrogens with one attached hydrogen (secondary N) is 2. The molecule has 0 spiro atoms. The van der Waals surface area contributed by atoms with Crippen LogP contribution >= 0.6 is 0 Å². The fraction of sp³-hybridized carbons (Fsp3) is 0.257. The standard InChI is InChI=1S/C16H19NO2Si.C15H17NO6.C14H13NO2Si.C12H10F3NO5S.C11H11NO3.C11H9NO2.C11H7NO2.C8H11NO2.C6H8O4.CH4/c1-18-13-6-7-14(19-2)16-15(13)12(8-10-17-16)9-11-20(3,4)5;1-15(2)21-13(17)10(14(18)22-15)8-16-11-7-9(19-3)5-6-12(11)20-4;1-18(2,3)9-7-10-6-8-15-14-12(17)5-4-11(16)13(10)14;1-19-7-3-4-9(20-2)11-10(7)8(5-6-16-11)21-22(17,18)12(13,14)15;1-14-8-3-4-9(15-2)11-10(8)7(13)5-6-12-11;2*13-8-1-2-9-10-7(4-6-14-9)3-5-12-11(8)10;1-10-6-3-4-8(11-2)7(9)5-6;1-6(2)9-4(7)3-5(8)10-6;/h6-8,10H,1-5H3;5-8,16H,1-4H3;4-6,8H,1-3H3;3-6H,1-2H3;3-6H,1-2H3,(H,12,13);1-3,5,13H,4,6H2;1-6,13H;3-5H,9H2,1-2H3;3H2,1-2H3;1H4. The predicted octanol–water partition coefficient (Wildman–Crippen LogP) is 17.9. The van der Waals surface area contributed by atoms with Gasteiger partial charge in [-0.25, -0.2) is 9.59 Å². The van der Waals surface area contributed by atoms with E-state index in [4.69, 9.17) is 72.0 Å². The number of rotatable bonds is 14. The van der Waals surface area contributed by atoms with Crippen molar-refractivity contribution in [2.75, 3.05) is 88.8 Å². The van der Waals surface area contributed by atoms with Crippen molar-refractivity contribution in [1.82, 2.24) is 29.9 Å². The van der Waals surface area contributed by atoms with Crippen molar-refractivity contribution in [2.24, 2.45) is 0 Å². The molecule has 18 rings (SSSR count). The Bertz CT molecular complexity index is 7470. The number of alkyl halides is 3. The Morgan fingerprint density at radius 1 is 0.483 bits per heavy atom. The Balaban J connectivity index is 0.000000185. The number of phenolic OH excluding ortho intramolecular Hbond substituents is 2. The number of halogens is 3. The summed E-state index contributed by atoms with van der Waals surface area (Å²) in [4.78, 5) is 104. The number of hydrogen-bond acceptors (Lipinski definition) is 35. The molecule has 0 atom stereocenters. The highest BCUT2D eigenvalue weighted by atomic mass is 32.2. The van der Waals surface area contributed by atoms with Gasteiger partial charge in [0.2, 0.25) is 5.78 Å². The van der Waals surface area contributed by atoms with Crippen LogP contribution in [0.5, 0.6) is 86.2 Å². The van der Waals surface area contributed by atoms with Gasteiger partial charge in [-0.3, -0.25) is 48.9 Å². The molecular weight excluding hydrogens is 1970 g/mol. The van der Waals surface area contributed by atoms with Gasteiger partial charge in [-0.15, -0.1) is 11.1 Å². The molecule has 42 heteroatoms. The van der Waals surface area contributed by atoms with Crippen molar-refractivity contribution in [2.45, 2.75) is 104 Å². The topological polar surface area (TPSA) is 469 Å². The first-order chi connectivity index (χ1) is 69.2. The monoisotopic (exact) mass is 2070 g/mol. The number of ether oxygens (including phenoxy) is 16. The Kier molecular flexibility index (Phi) is 38.4. The van der Waals surface area contributed by atoms with Gasteiger partial charge in [-0.1, -0.05) is 58.5 Å². The van der Waals surface area contributed by atoms with Crippen molar-refractivity contribution < 1.29 is 141 Å². The van der Waals surface area contributed by atoms with Gasteiger partial charge >= 0.3 is 39.5 Å². The lowest BCUT2D eigenvalue weighted by Crippen LogP contribution is -2.42. The summed E-state index contributed by atoms with van der Waals surface area (Å²) in [5, 5.41) is 25.3. The van der Waals surface area contributed by atoms with Crippen LogP contribution in [-0.4, -0.2) is 195 Å². The number of nitrogens with zero attached hydrogens (tertiary/aromatic N) is 5. The predicted molar refractivity (Wildman–Crippen MR) is 550 cm³/mol. The second kappa shape index (κ2) is 49.7. The van der Waals surface area contributed by atoms with E-state index in [0.29, 0.717) is 79.8 Å². The van der Waals surface area contributed by atoms with Gasteiger partial charge in [0, 0.05) is 118 Å². The lowest BCUT2D eigenvalue weighted by Gasteiger charge is -2.29. The third kappa shape index (κ3) is 29.3. The minimum atomic E-state index is -5.81. The summed E-state index contributed by atoms with van der Waals surface area (Å²) in [5.74, 6) is 7.93. The average molecular weight is 2080 g/mol. The molecule has 0 bridgehead atoms. The fourth-order valence-electron chi connectivity index (χ4n) is 13.8. The number of ketones is 2. The first-order valence-electron chi connectivity index (χ1n) is 44.0. The number of allylic oxidation sites excluding steroid dienone is 2. The molecule has 4 aliphatic heterocycles. The second-order valence-electron chi connectivity index (χ2n) is 33.8. The quantitative estimate of drug-likeness (QED) is 0.00777. The normalized spacial score (nSPS) is 13.4. The summed E-state index contributed by atoms with van der Waals surface area (Å²) in [6.07, 6.45) is 17.2. The third-order valence-corrected chi connectivity index (χ3v) is 23.1. The Labute approximate surface area is 846 Å². The molecule has 0 unspecified atom stereocenters. The number of methoxy groups -OCH3 is 10. The number of fused-ring (bicyclic) bond motifs is 4. The summed E-state index contributed by atoms with van der Waals surface area (Å²) >= 11 is 0. The molecule has 6 aromatic heterocycles. The minimum Gasteiger partial charge on any atom is -0.506 e. The van der Waals surface area contributed by atoms with Gasteiger partial charge < -0.3 is 106 Å². The highest BCUT2D eigenvalue weighted by Crippen LogP contribution is 2.43. The zero-order valence-electron chi connectivity index (χ0n) is 83.0. The van der Waals surface area contributed by atoms with E-state index < -0.39 is 73.0 Å². The van der Waals surface area contributed by atoms with Crippen molar-refractivity contribution in [3.05, 3.63) is 245 Å². The van der Waals surface area contributed by atoms with Crippen molar-refractivity contribution in [1.29, 1.82) is 0 Å². The molecule has 5 aliphatic rings. The van der Waals surface area contributed by atoms with E-state index in [9.17, 15) is 65.4 Å². The molecule has 13 aromatic rings. The number of benzene rings is 7. The smallest absolute Gasteiger partial charge is 0.506 e. The molecule has 7 aromatic carbocycles. The molecule has 0 saturated carbocycles. The Hall–Kier alpha value is -17.1. The van der Waals surface area contributed by atoms with Gasteiger partial charge in [0.15, 0.2) is 22.5 Å². The maximum atomic E-state index is 12.5. The fourth-order valence-corrected chi connectivity index (χ4v) is 15.3. The van der Waals surface area contributed by atoms with Gasteiger partial charge in [-0.05, 0) is 139 Å². The molecule has 2 saturated heterocycles. The molecule has 0 radical (unpaired) electrons. The lowest BCUT2D eigenvalue weighted by atomic mass is 9.96. The Morgan fingerprint density at radius 2 is 0.952 bits per heavy atom. The first-order valence-corrected chi connectivity index (χ1v) is 52.4. The Morgan fingerprint density at radius 3 is 1.51 bits per heavy atom. The van der Waals surface area contributed by atoms with E-state index in [0.717, 1.165) is 80.2 Å². The summed E-state index contributed by atoms with van der Waals surface area (Å²) in [6.45, 7) is 19.8. The number of aromatic amines is 1. The largest absolute Gasteiger partial charge is 0.534 e. The van der Waals surface area contributed by atoms with E-state index in [1.807, 2.05) is 36.4 Å². The van der Waals surface area contributed by atoms with Crippen LogP contribution in [0.4, 0.5) is 24.5 Å². The van der Waals surface area contributed by atoms with Crippen LogP contribution in [0.25, 0.3) is 60.6 Å². The number of hydrogen-bond donors (Lipinski definition) is 5. The maximum Gasteiger partial charge on any atom is 0.534 e. The van der Waals surface area contributed by atoms with Crippen LogP contribution in [0.15, 0.2) is 206 Å². The maximum absolute atomic E-state index is 12.5. The molecular formula is C105H109F3N8O28SSi2. The molecule has 1 aliphatic carbocycles.